The zero-order chi connectivity index (χ0) is 37.0. The summed E-state index contributed by atoms with van der Waals surface area (Å²) < 4.78 is 6.31. The van der Waals surface area contributed by atoms with Crippen LogP contribution in [0.1, 0.15) is 57.8 Å². The number of fused-ring (bicyclic) bond motifs is 2. The van der Waals surface area contributed by atoms with Crippen LogP contribution in [0, 0.1) is 37.6 Å². The molecule has 2 aliphatic rings. The quantitative estimate of drug-likeness (QED) is 0.139. The Hall–Kier alpha value is -6.02. The molecule has 0 spiro atoms. The van der Waals surface area contributed by atoms with E-state index in [9.17, 15) is 4.79 Å². The zero-order valence-electron chi connectivity index (χ0n) is 28.3. The van der Waals surface area contributed by atoms with Gasteiger partial charge >= 0.3 is 0 Å². The molecule has 14 heteroatoms. The number of amides is 1. The van der Waals surface area contributed by atoms with E-state index in [1.807, 2.05) is 52.9 Å². The number of aromatic nitrogens is 3. The molecule has 1 fully saturated rings. The zero-order valence-corrected chi connectivity index (χ0v) is 30.5. The Morgan fingerprint density at radius 2 is 1.56 bits per heavy atom. The lowest BCUT2D eigenvalue weighted by Crippen LogP contribution is -2.46. The van der Waals surface area contributed by atoms with Crippen molar-refractivity contribution in [2.24, 2.45) is 5.73 Å². The summed E-state index contributed by atoms with van der Waals surface area (Å²) in [5.74, 6) is 0.567. The molecule has 5 aromatic rings. The Labute approximate surface area is 315 Å². The van der Waals surface area contributed by atoms with E-state index in [0.717, 1.165) is 78.7 Å². The Kier molecular flexibility index (Phi) is 12.7. The van der Waals surface area contributed by atoms with Crippen LogP contribution in [0.5, 0.6) is 0 Å². The highest BCUT2D eigenvalue weighted by atomic mass is 127. The smallest absolute Gasteiger partial charge is 0.284 e. The molecule has 0 radical (unpaired) electrons. The first-order chi connectivity index (χ1) is 25.2. The first-order valence-electron chi connectivity index (χ1n) is 16.5. The van der Waals surface area contributed by atoms with Gasteiger partial charge in [-0.3, -0.25) is 14.7 Å². The number of carbonyl (C=O) groups is 1. The number of nitrogens with zero attached hydrogens (tertiary/aromatic N) is 8. The van der Waals surface area contributed by atoms with Crippen LogP contribution in [0.3, 0.4) is 0 Å². The molecule has 0 unspecified atom stereocenters. The topological polar surface area (TPSA) is 225 Å². The Morgan fingerprint density at radius 1 is 0.846 bits per heavy atom. The summed E-state index contributed by atoms with van der Waals surface area (Å²) in [6, 6.07) is 20.7. The number of allylic oxidation sites excluding steroid dienone is 2. The largest absolute Gasteiger partial charge is 0.451 e. The third-order valence-electron chi connectivity index (χ3n) is 8.55. The molecule has 4 aromatic heterocycles. The fourth-order valence-corrected chi connectivity index (χ4v) is 6.25. The van der Waals surface area contributed by atoms with Gasteiger partial charge in [-0.05, 0) is 103 Å². The molecule has 0 atom stereocenters. The van der Waals surface area contributed by atoms with Crippen molar-refractivity contribution in [1.29, 1.82) is 15.8 Å². The van der Waals surface area contributed by atoms with E-state index >= 15 is 0 Å². The van der Waals surface area contributed by atoms with Crippen molar-refractivity contribution in [2.75, 3.05) is 49.1 Å². The molecule has 1 aliphatic carbocycles. The van der Waals surface area contributed by atoms with Crippen LogP contribution in [0.4, 0.5) is 17.3 Å². The Morgan fingerprint density at radius 3 is 2.23 bits per heavy atom. The number of pyridine rings is 3. The number of furan rings is 1. The van der Waals surface area contributed by atoms with Gasteiger partial charge in [0.15, 0.2) is 5.76 Å². The summed E-state index contributed by atoms with van der Waals surface area (Å²) in [6.07, 6.45) is 11.1. The van der Waals surface area contributed by atoms with Crippen molar-refractivity contribution < 1.29 is 9.21 Å². The number of hydrogen-bond donors (Lipinski definition) is 3. The number of piperazine rings is 1. The van der Waals surface area contributed by atoms with Crippen LogP contribution in [-0.4, -0.2) is 58.5 Å². The number of benzene rings is 1. The minimum atomic E-state index is -0.543. The highest BCUT2D eigenvalue weighted by Crippen LogP contribution is 2.31. The summed E-state index contributed by atoms with van der Waals surface area (Å²) in [5, 5.41) is 26.8. The number of halogens is 1. The molecular formula is C38H36IN11O2. The summed E-state index contributed by atoms with van der Waals surface area (Å²) in [4.78, 5) is 28.2. The number of anilines is 3. The fraction of sp³-hybridized carbons (Fsp3) is 0.237. The minimum absolute atomic E-state index is 0.200. The van der Waals surface area contributed by atoms with Gasteiger partial charge in [-0.25, -0.2) is 9.97 Å². The van der Waals surface area contributed by atoms with Crippen molar-refractivity contribution in [3.63, 3.8) is 0 Å². The number of nitriles is 3. The number of hydrogen-bond acceptors (Lipinski definition) is 12. The lowest BCUT2D eigenvalue weighted by atomic mass is 10.0. The molecule has 1 aromatic carbocycles. The van der Waals surface area contributed by atoms with Gasteiger partial charge < -0.3 is 26.5 Å². The van der Waals surface area contributed by atoms with E-state index in [1.165, 1.54) is 23.5 Å². The van der Waals surface area contributed by atoms with Crippen molar-refractivity contribution in [1.82, 2.24) is 19.9 Å². The van der Waals surface area contributed by atoms with Crippen molar-refractivity contribution in [2.45, 2.75) is 25.7 Å². The first-order valence-corrected chi connectivity index (χ1v) is 17.6. The van der Waals surface area contributed by atoms with Crippen LogP contribution in [0.2, 0.25) is 0 Å². The van der Waals surface area contributed by atoms with Crippen LogP contribution in [0.25, 0.3) is 16.5 Å². The van der Waals surface area contributed by atoms with E-state index in [1.54, 1.807) is 30.5 Å². The summed E-state index contributed by atoms with van der Waals surface area (Å²) in [7, 11) is 0. The number of primary amides is 1. The van der Waals surface area contributed by atoms with Crippen molar-refractivity contribution in [3.8, 4) is 18.2 Å². The maximum Gasteiger partial charge on any atom is 0.284 e. The van der Waals surface area contributed by atoms with Gasteiger partial charge in [0.1, 0.15) is 35.4 Å². The Bertz CT molecular complexity index is 2200. The lowest BCUT2D eigenvalue weighted by molar-refractivity contribution is 0.0976. The number of carbonyl (C=O) groups excluding carboxylic acids is 1. The van der Waals surface area contributed by atoms with Gasteiger partial charge in [0, 0.05) is 67.8 Å². The van der Waals surface area contributed by atoms with Crippen LogP contribution in [-0.2, 0) is 6.42 Å². The molecule has 6 N–H and O–H groups in total. The minimum Gasteiger partial charge on any atom is -0.451 e. The maximum atomic E-state index is 11.4. The fourth-order valence-electron chi connectivity index (χ4n) is 5.77. The SMILES string of the molecule is N#Cc1ccc(N)nc1.N#Cc1cnc(N)c(I)c1.N#Cc1cnc2c(c1)C(CCCCN1CCN(c3ccc4oc(C(N)=O)cc4c3)CC1)=CC2. The van der Waals surface area contributed by atoms with Gasteiger partial charge in [0.2, 0.25) is 0 Å². The van der Waals surface area contributed by atoms with Gasteiger partial charge in [0.05, 0.1) is 26.0 Å². The highest BCUT2D eigenvalue weighted by Gasteiger charge is 2.19. The van der Waals surface area contributed by atoms with Crippen LogP contribution >= 0.6 is 22.6 Å². The third-order valence-corrected chi connectivity index (χ3v) is 9.42. The normalized spacial score (nSPS) is 13.3. The predicted octanol–water partition coefficient (Wildman–Crippen LogP) is 5.41. The van der Waals surface area contributed by atoms with Crippen molar-refractivity contribution in [3.05, 3.63) is 110 Å². The number of nitrogens with two attached hydrogens (primary N) is 3. The summed E-state index contributed by atoms with van der Waals surface area (Å²) >= 11 is 2.03. The molecule has 5 heterocycles. The molecule has 262 valence electrons. The van der Waals surface area contributed by atoms with Gasteiger partial charge in [0.25, 0.3) is 5.91 Å². The molecule has 0 bridgehead atoms. The second kappa shape index (κ2) is 17.8. The lowest BCUT2D eigenvalue weighted by Gasteiger charge is -2.36. The first kappa shape index (κ1) is 37.2. The summed E-state index contributed by atoms with van der Waals surface area (Å²) in [6.45, 7) is 5.14. The molecular weight excluding hydrogens is 769 g/mol. The van der Waals surface area contributed by atoms with Gasteiger partial charge in [-0.15, -0.1) is 0 Å². The van der Waals surface area contributed by atoms with E-state index in [-0.39, 0.29) is 5.76 Å². The number of nitrogen functional groups attached to an aromatic ring is 2. The standard InChI is InChI=1S/C26H27N5O2.C6H4IN3.C6H5N3/c27-16-18-13-22-19(4-6-23(22)29-17-18)3-1-2-8-30-9-11-31(12-10-30)21-5-7-24-20(14-21)15-25(33-24)26(28)32;7-5-1-4(2-8)3-10-6(5)9;7-3-5-1-2-6(8)9-4-5/h4-5,7,13-15,17H,1-3,6,8-12H2,(H2,28,32);1,3H,(H2,9,10);1-2,4H,(H2,8,9). The Balaban J connectivity index is 0.000000224. The van der Waals surface area contributed by atoms with E-state index in [4.69, 9.17) is 37.4 Å². The van der Waals surface area contributed by atoms with Gasteiger partial charge in [-0.2, -0.15) is 15.8 Å². The molecule has 1 amide bonds. The number of rotatable bonds is 7. The average Bonchev–Trinajstić information content (AvgIpc) is 3.79. The average molecular weight is 806 g/mol. The molecule has 1 saturated heterocycles. The molecule has 0 saturated carbocycles. The molecule has 1 aliphatic heterocycles. The van der Waals surface area contributed by atoms with E-state index in [2.05, 4.69) is 43.0 Å². The number of unbranched alkanes of at least 4 members (excludes halogenated alkanes) is 1. The molecule has 52 heavy (non-hydrogen) atoms. The summed E-state index contributed by atoms with van der Waals surface area (Å²) in [5.41, 5.74) is 23.2. The van der Waals surface area contributed by atoms with Gasteiger partial charge in [-0.1, -0.05) is 6.08 Å². The maximum absolute atomic E-state index is 11.4. The second-order valence-electron chi connectivity index (χ2n) is 12.0. The third kappa shape index (κ3) is 9.82. The molecule has 13 nitrogen and oxygen atoms in total. The van der Waals surface area contributed by atoms with E-state index < -0.39 is 5.91 Å². The van der Waals surface area contributed by atoms with E-state index in [0.29, 0.717) is 33.9 Å². The van der Waals surface area contributed by atoms with Crippen molar-refractivity contribution >= 4 is 62.4 Å². The monoisotopic (exact) mass is 805 g/mol. The van der Waals surface area contributed by atoms with Crippen LogP contribution < -0.4 is 22.1 Å². The van der Waals surface area contributed by atoms with Crippen LogP contribution in [0.15, 0.2) is 77.6 Å². The second-order valence-corrected chi connectivity index (χ2v) is 13.2. The molecule has 7 rings (SSSR count). The predicted molar refractivity (Wildman–Crippen MR) is 207 cm³/mol. The highest BCUT2D eigenvalue weighted by molar-refractivity contribution is 14.1.